The van der Waals surface area contributed by atoms with E-state index in [1.807, 2.05) is 25.2 Å². The van der Waals surface area contributed by atoms with Crippen molar-refractivity contribution < 1.29 is 0 Å². The molecule has 0 atom stereocenters. The van der Waals surface area contributed by atoms with Gasteiger partial charge in [-0.3, -0.25) is 0 Å². The molecule has 0 aliphatic carbocycles. The van der Waals surface area contributed by atoms with Crippen molar-refractivity contribution in [2.24, 2.45) is 7.05 Å². The molecule has 0 radical (unpaired) electrons. The summed E-state index contributed by atoms with van der Waals surface area (Å²) >= 11 is 6.24. The Labute approximate surface area is 115 Å². The highest BCUT2D eigenvalue weighted by Crippen LogP contribution is 2.36. The van der Waals surface area contributed by atoms with Crippen molar-refractivity contribution in [2.75, 3.05) is 0 Å². The van der Waals surface area contributed by atoms with Gasteiger partial charge in [-0.2, -0.15) is 0 Å². The highest BCUT2D eigenvalue weighted by Gasteiger charge is 2.17. The number of rotatable bonds is 0. The topological polar surface area (TPSA) is 17.8 Å². The van der Waals surface area contributed by atoms with Crippen LogP contribution >= 0.6 is 11.6 Å². The molecule has 2 heterocycles. The second-order valence-electron chi connectivity index (χ2n) is 4.75. The highest BCUT2D eigenvalue weighted by atomic mass is 35.5. The third-order valence-corrected chi connectivity index (χ3v) is 3.96. The Bertz CT molecular complexity index is 892. The Morgan fingerprint density at radius 3 is 2.79 bits per heavy atom. The van der Waals surface area contributed by atoms with Crippen LogP contribution in [-0.4, -0.2) is 9.55 Å². The smallest absolute Gasteiger partial charge is 0.141 e. The van der Waals surface area contributed by atoms with E-state index in [0.29, 0.717) is 5.02 Å². The molecule has 19 heavy (non-hydrogen) atoms. The van der Waals surface area contributed by atoms with Gasteiger partial charge in [-0.05, 0) is 23.6 Å². The number of benzene rings is 2. The standard InChI is InChI=1S/C16H11ClN2/c1-19-14-8-3-2-5-10(14)9-12-11-6-4-7-13(17)15(11)18-16(12)19/h2-9H,1H3. The summed E-state index contributed by atoms with van der Waals surface area (Å²) in [4.78, 5) is 4.70. The monoisotopic (exact) mass is 266 g/mol. The predicted molar refractivity (Wildman–Crippen MR) is 79.9 cm³/mol. The van der Waals surface area contributed by atoms with Gasteiger partial charge >= 0.3 is 0 Å². The molecule has 2 aliphatic heterocycles. The Morgan fingerprint density at radius 1 is 1.05 bits per heavy atom. The summed E-state index contributed by atoms with van der Waals surface area (Å²) < 4.78 is 2.13. The van der Waals surface area contributed by atoms with Gasteiger partial charge in [0.2, 0.25) is 0 Å². The number of para-hydroxylation sites is 2. The molecular weight excluding hydrogens is 256 g/mol. The van der Waals surface area contributed by atoms with E-state index in [2.05, 4.69) is 34.9 Å². The zero-order valence-electron chi connectivity index (χ0n) is 10.4. The van der Waals surface area contributed by atoms with Gasteiger partial charge in [-0.25, -0.2) is 4.98 Å². The lowest BCUT2D eigenvalue weighted by atomic mass is 10.1. The van der Waals surface area contributed by atoms with E-state index < -0.39 is 0 Å². The lowest BCUT2D eigenvalue weighted by Gasteiger charge is -2.10. The zero-order chi connectivity index (χ0) is 13.0. The van der Waals surface area contributed by atoms with Crippen LogP contribution in [0.1, 0.15) is 0 Å². The molecular formula is C16H11ClN2. The highest BCUT2D eigenvalue weighted by molar-refractivity contribution is 6.35. The summed E-state index contributed by atoms with van der Waals surface area (Å²) in [5, 5.41) is 3.04. The maximum Gasteiger partial charge on any atom is 0.141 e. The van der Waals surface area contributed by atoms with E-state index in [9.17, 15) is 0 Å². The van der Waals surface area contributed by atoms with Crippen LogP contribution in [0, 0.1) is 0 Å². The number of halogens is 1. The predicted octanol–water partition coefficient (Wildman–Crippen LogP) is 4.48. The molecule has 2 aromatic rings. The quantitative estimate of drug-likeness (QED) is 0.459. The first-order valence-corrected chi connectivity index (χ1v) is 6.56. The molecule has 3 heteroatoms. The Hall–Kier alpha value is -2.06. The first-order chi connectivity index (χ1) is 9.25. The number of aromatic nitrogens is 2. The number of nitrogens with zero attached hydrogens (tertiary/aromatic N) is 2. The fraction of sp³-hybridized carbons (Fsp3) is 0.0625. The number of hydrogen-bond donors (Lipinski definition) is 0. The van der Waals surface area contributed by atoms with Gasteiger partial charge < -0.3 is 4.57 Å². The van der Waals surface area contributed by atoms with Gasteiger partial charge in [0.1, 0.15) is 5.82 Å². The van der Waals surface area contributed by atoms with Crippen LogP contribution < -0.4 is 0 Å². The van der Waals surface area contributed by atoms with Gasteiger partial charge in [-0.1, -0.05) is 41.9 Å². The normalized spacial score (nSPS) is 11.7. The third-order valence-electron chi connectivity index (χ3n) is 3.65. The minimum atomic E-state index is 0.706. The largest absolute Gasteiger partial charge is 0.328 e. The van der Waals surface area contributed by atoms with E-state index in [0.717, 1.165) is 22.3 Å². The van der Waals surface area contributed by atoms with Gasteiger partial charge in [0.05, 0.1) is 10.5 Å². The van der Waals surface area contributed by atoms with Crippen molar-refractivity contribution in [1.29, 1.82) is 0 Å². The fourth-order valence-corrected chi connectivity index (χ4v) is 2.93. The molecule has 0 N–H and O–H groups in total. The second-order valence-corrected chi connectivity index (χ2v) is 5.15. The van der Waals surface area contributed by atoms with Crippen LogP contribution in [0.4, 0.5) is 0 Å². The van der Waals surface area contributed by atoms with Gasteiger partial charge in [-0.15, -0.1) is 0 Å². The number of fused-ring (bicyclic) bond motifs is 4. The fourth-order valence-electron chi connectivity index (χ4n) is 2.72. The summed E-state index contributed by atoms with van der Waals surface area (Å²) in [7, 11) is 2.05. The Morgan fingerprint density at radius 2 is 1.89 bits per heavy atom. The zero-order valence-corrected chi connectivity index (χ0v) is 11.1. The molecule has 0 fully saturated rings. The number of hydrogen-bond acceptors (Lipinski definition) is 1. The maximum absolute atomic E-state index is 6.24. The summed E-state index contributed by atoms with van der Waals surface area (Å²) in [5.41, 5.74) is 3.21. The van der Waals surface area contributed by atoms with Crippen LogP contribution in [0.25, 0.3) is 33.2 Å². The van der Waals surface area contributed by atoms with Gasteiger partial charge in [0.15, 0.2) is 0 Å². The average Bonchev–Trinajstić information content (AvgIpc) is 2.80. The number of pyridine rings is 1. The molecule has 92 valence electrons. The summed E-state index contributed by atoms with van der Waals surface area (Å²) in [6.07, 6.45) is 0. The molecule has 0 aromatic heterocycles. The van der Waals surface area contributed by atoms with Crippen molar-refractivity contribution in [1.82, 2.24) is 9.55 Å². The Balaban J connectivity index is 2.29. The molecule has 0 spiro atoms. The molecule has 2 nitrogen and oxygen atoms in total. The van der Waals surface area contributed by atoms with Crippen molar-refractivity contribution in [3.05, 3.63) is 53.6 Å². The van der Waals surface area contributed by atoms with Crippen molar-refractivity contribution in [3.63, 3.8) is 0 Å². The molecule has 0 bridgehead atoms. The van der Waals surface area contributed by atoms with E-state index in [-0.39, 0.29) is 0 Å². The lowest BCUT2D eigenvalue weighted by Crippen LogP contribution is -1.98. The molecule has 0 unspecified atom stereocenters. The van der Waals surface area contributed by atoms with E-state index in [1.54, 1.807) is 0 Å². The molecule has 0 amide bonds. The molecule has 2 aliphatic rings. The molecule has 0 saturated carbocycles. The van der Waals surface area contributed by atoms with Crippen LogP contribution in [0.15, 0.2) is 48.5 Å². The van der Waals surface area contributed by atoms with Crippen molar-refractivity contribution in [2.45, 2.75) is 0 Å². The molecule has 4 rings (SSSR count). The minimum Gasteiger partial charge on any atom is -0.328 e. The lowest BCUT2D eigenvalue weighted by molar-refractivity contribution is 0.939. The Kier molecular flexibility index (Phi) is 2.12. The van der Waals surface area contributed by atoms with Gasteiger partial charge in [0, 0.05) is 23.5 Å². The van der Waals surface area contributed by atoms with Crippen LogP contribution in [0.3, 0.4) is 0 Å². The van der Waals surface area contributed by atoms with E-state index in [4.69, 9.17) is 16.6 Å². The molecule has 0 saturated heterocycles. The van der Waals surface area contributed by atoms with Crippen LogP contribution in [0.2, 0.25) is 5.02 Å². The van der Waals surface area contributed by atoms with Crippen LogP contribution in [0.5, 0.6) is 0 Å². The first kappa shape index (κ1) is 10.8. The summed E-state index contributed by atoms with van der Waals surface area (Å²) in [6.45, 7) is 0. The molecule has 2 aromatic carbocycles. The SMILES string of the molecule is Cn1c2nc3c(Cl)cccc3c-2cc2ccccc21. The minimum absolute atomic E-state index is 0.706. The third kappa shape index (κ3) is 1.41. The van der Waals surface area contributed by atoms with E-state index >= 15 is 0 Å². The average molecular weight is 267 g/mol. The van der Waals surface area contributed by atoms with Crippen LogP contribution in [-0.2, 0) is 7.05 Å². The number of aryl methyl sites for hydroxylation is 1. The van der Waals surface area contributed by atoms with Crippen molar-refractivity contribution in [3.8, 4) is 11.4 Å². The van der Waals surface area contributed by atoms with Crippen molar-refractivity contribution >= 4 is 33.4 Å². The summed E-state index contributed by atoms with van der Waals surface area (Å²) in [5.74, 6) is 0.974. The van der Waals surface area contributed by atoms with Gasteiger partial charge in [0.25, 0.3) is 0 Å². The first-order valence-electron chi connectivity index (χ1n) is 6.18. The second kappa shape index (κ2) is 3.72. The maximum atomic E-state index is 6.24. The summed E-state index contributed by atoms with van der Waals surface area (Å²) in [6, 6.07) is 16.5. The van der Waals surface area contributed by atoms with E-state index in [1.165, 1.54) is 10.9 Å².